The first-order chi connectivity index (χ1) is 9.15. The van der Waals surface area contributed by atoms with E-state index in [-0.39, 0.29) is 0 Å². The molecule has 102 valence electrons. The molecule has 1 aliphatic carbocycles. The molecule has 0 unspecified atom stereocenters. The molecule has 0 heterocycles. The summed E-state index contributed by atoms with van der Waals surface area (Å²) >= 11 is 0. The van der Waals surface area contributed by atoms with Crippen LogP contribution in [-0.2, 0) is 6.54 Å². The number of anilines is 1. The maximum atomic E-state index is 9.31. The van der Waals surface area contributed by atoms with E-state index in [9.17, 15) is 5.26 Å². The van der Waals surface area contributed by atoms with E-state index >= 15 is 0 Å². The van der Waals surface area contributed by atoms with Crippen LogP contribution >= 0.6 is 0 Å². The van der Waals surface area contributed by atoms with Crippen LogP contribution in [0, 0.1) is 17.2 Å². The molecule has 0 aromatic heterocycles. The van der Waals surface area contributed by atoms with E-state index in [1.54, 1.807) is 0 Å². The molecule has 2 N–H and O–H groups in total. The lowest BCUT2D eigenvalue weighted by atomic mass is 9.86. The number of rotatable bonds is 3. The summed E-state index contributed by atoms with van der Waals surface area (Å²) < 4.78 is 0. The maximum absolute atomic E-state index is 9.31. The van der Waals surface area contributed by atoms with Gasteiger partial charge in [0.25, 0.3) is 0 Å². The Hall–Kier alpha value is -1.53. The van der Waals surface area contributed by atoms with Crippen molar-refractivity contribution in [1.82, 2.24) is 0 Å². The third kappa shape index (κ3) is 3.08. The van der Waals surface area contributed by atoms with Gasteiger partial charge in [0.15, 0.2) is 0 Å². The number of nitrogens with zero attached hydrogens (tertiary/aromatic N) is 2. The molecule has 19 heavy (non-hydrogen) atoms. The first-order valence-electron chi connectivity index (χ1n) is 7.11. The molecule has 0 saturated heterocycles. The highest BCUT2D eigenvalue weighted by Crippen LogP contribution is 2.31. The quantitative estimate of drug-likeness (QED) is 0.905. The third-order valence-electron chi connectivity index (χ3n) is 4.33. The number of benzene rings is 1. The minimum Gasteiger partial charge on any atom is -0.371 e. The molecular weight excluding hydrogens is 234 g/mol. The SMILES string of the molecule is CC1CCC(N(C)c2ccc(CN)cc2C#N)CC1. The average molecular weight is 257 g/mol. The van der Waals surface area contributed by atoms with Crippen LogP contribution in [0.1, 0.15) is 43.7 Å². The fourth-order valence-corrected chi connectivity index (χ4v) is 2.93. The summed E-state index contributed by atoms with van der Waals surface area (Å²) in [5.41, 5.74) is 8.43. The average Bonchev–Trinajstić information content (AvgIpc) is 2.46. The molecule has 0 atom stereocenters. The zero-order valence-electron chi connectivity index (χ0n) is 11.9. The lowest BCUT2D eigenvalue weighted by Gasteiger charge is -2.35. The molecule has 1 aromatic carbocycles. The van der Waals surface area contributed by atoms with Gasteiger partial charge in [0, 0.05) is 19.6 Å². The van der Waals surface area contributed by atoms with Gasteiger partial charge in [0.05, 0.1) is 11.3 Å². The van der Waals surface area contributed by atoms with Crippen molar-refractivity contribution in [2.45, 2.75) is 45.2 Å². The van der Waals surface area contributed by atoms with E-state index in [4.69, 9.17) is 5.73 Å². The van der Waals surface area contributed by atoms with Crippen molar-refractivity contribution >= 4 is 5.69 Å². The monoisotopic (exact) mass is 257 g/mol. The van der Waals surface area contributed by atoms with Crippen molar-refractivity contribution in [2.75, 3.05) is 11.9 Å². The van der Waals surface area contributed by atoms with Crippen LogP contribution < -0.4 is 10.6 Å². The second-order valence-corrected chi connectivity index (χ2v) is 5.69. The standard InChI is InChI=1S/C16H23N3/c1-12-3-6-15(7-4-12)19(2)16-8-5-13(10-17)9-14(16)11-18/h5,8-9,12,15H,3-4,6-7,10,17H2,1-2H3. The lowest BCUT2D eigenvalue weighted by Crippen LogP contribution is -2.35. The summed E-state index contributed by atoms with van der Waals surface area (Å²) in [7, 11) is 2.11. The van der Waals surface area contributed by atoms with Crippen LogP contribution in [0.15, 0.2) is 18.2 Å². The van der Waals surface area contributed by atoms with E-state index in [1.807, 2.05) is 18.2 Å². The second kappa shape index (κ2) is 6.08. The predicted octanol–water partition coefficient (Wildman–Crippen LogP) is 3.03. The first kappa shape index (κ1) is 13.9. The van der Waals surface area contributed by atoms with Crippen LogP contribution in [0.5, 0.6) is 0 Å². The van der Waals surface area contributed by atoms with Gasteiger partial charge in [0.1, 0.15) is 6.07 Å². The highest BCUT2D eigenvalue weighted by Gasteiger charge is 2.23. The second-order valence-electron chi connectivity index (χ2n) is 5.69. The minimum absolute atomic E-state index is 0.486. The molecule has 3 nitrogen and oxygen atoms in total. The molecule has 0 aliphatic heterocycles. The summed E-state index contributed by atoms with van der Waals surface area (Å²) in [6.45, 7) is 2.81. The fourth-order valence-electron chi connectivity index (χ4n) is 2.93. The molecule has 1 saturated carbocycles. The van der Waals surface area contributed by atoms with Gasteiger partial charge in [-0.15, -0.1) is 0 Å². The smallest absolute Gasteiger partial charge is 0.101 e. The van der Waals surface area contributed by atoms with Crippen LogP contribution in [0.2, 0.25) is 0 Å². The highest BCUT2D eigenvalue weighted by molar-refractivity contribution is 5.60. The fraction of sp³-hybridized carbons (Fsp3) is 0.562. The Morgan fingerprint density at radius 1 is 1.32 bits per heavy atom. The molecule has 2 rings (SSSR count). The van der Waals surface area contributed by atoms with Gasteiger partial charge in [-0.3, -0.25) is 0 Å². The summed E-state index contributed by atoms with van der Waals surface area (Å²) in [5, 5.41) is 9.31. The molecular formula is C16H23N3. The van der Waals surface area contributed by atoms with Crippen LogP contribution in [-0.4, -0.2) is 13.1 Å². The van der Waals surface area contributed by atoms with E-state index in [0.29, 0.717) is 12.6 Å². The van der Waals surface area contributed by atoms with Crippen LogP contribution in [0.3, 0.4) is 0 Å². The number of nitriles is 1. The summed E-state index contributed by atoms with van der Waals surface area (Å²) in [5.74, 6) is 0.847. The molecule has 1 aromatic rings. The summed E-state index contributed by atoms with van der Waals surface area (Å²) in [6.07, 6.45) is 5.03. The van der Waals surface area contributed by atoms with Gasteiger partial charge < -0.3 is 10.6 Å². The Morgan fingerprint density at radius 2 is 2.00 bits per heavy atom. The van der Waals surface area contributed by atoms with Crippen molar-refractivity contribution in [3.05, 3.63) is 29.3 Å². The largest absolute Gasteiger partial charge is 0.371 e. The maximum Gasteiger partial charge on any atom is 0.101 e. The van der Waals surface area contributed by atoms with Crippen LogP contribution in [0.25, 0.3) is 0 Å². The Morgan fingerprint density at radius 3 is 2.58 bits per heavy atom. The molecule has 0 bridgehead atoms. The molecule has 0 amide bonds. The van der Waals surface area contributed by atoms with Gasteiger partial charge >= 0.3 is 0 Å². The highest BCUT2D eigenvalue weighted by atomic mass is 15.1. The van der Waals surface area contributed by atoms with Crippen molar-refractivity contribution in [3.8, 4) is 6.07 Å². The van der Waals surface area contributed by atoms with Crippen LogP contribution in [0.4, 0.5) is 5.69 Å². The van der Waals surface area contributed by atoms with Gasteiger partial charge in [-0.1, -0.05) is 13.0 Å². The number of nitrogens with two attached hydrogens (primary N) is 1. The Kier molecular flexibility index (Phi) is 4.44. The van der Waals surface area contributed by atoms with Gasteiger partial charge in [-0.25, -0.2) is 0 Å². The van der Waals surface area contributed by atoms with Crippen molar-refractivity contribution in [3.63, 3.8) is 0 Å². The predicted molar refractivity (Wildman–Crippen MR) is 78.9 cm³/mol. The third-order valence-corrected chi connectivity index (χ3v) is 4.33. The van der Waals surface area contributed by atoms with Gasteiger partial charge in [0.2, 0.25) is 0 Å². The molecule has 0 radical (unpaired) electrons. The number of hydrogen-bond donors (Lipinski definition) is 1. The lowest BCUT2D eigenvalue weighted by molar-refractivity contribution is 0.340. The first-order valence-corrected chi connectivity index (χ1v) is 7.11. The van der Waals surface area contributed by atoms with E-state index in [1.165, 1.54) is 25.7 Å². The molecule has 1 aliphatic rings. The Labute approximate surface area is 116 Å². The summed E-state index contributed by atoms with van der Waals surface area (Å²) in [4.78, 5) is 2.28. The van der Waals surface area contributed by atoms with Crippen molar-refractivity contribution < 1.29 is 0 Å². The van der Waals surface area contributed by atoms with E-state index in [2.05, 4.69) is 24.9 Å². The molecule has 0 spiro atoms. The normalized spacial score (nSPS) is 22.8. The van der Waals surface area contributed by atoms with Gasteiger partial charge in [-0.2, -0.15) is 5.26 Å². The Bertz CT molecular complexity index is 467. The number of hydrogen-bond acceptors (Lipinski definition) is 3. The summed E-state index contributed by atoms with van der Waals surface area (Å²) in [6, 6.07) is 8.84. The molecule has 3 heteroatoms. The molecule has 1 fully saturated rings. The minimum atomic E-state index is 0.486. The zero-order valence-corrected chi connectivity index (χ0v) is 11.9. The van der Waals surface area contributed by atoms with Crippen molar-refractivity contribution in [1.29, 1.82) is 5.26 Å². The van der Waals surface area contributed by atoms with E-state index in [0.717, 1.165) is 22.7 Å². The van der Waals surface area contributed by atoms with E-state index < -0.39 is 0 Å². The van der Waals surface area contributed by atoms with Crippen molar-refractivity contribution in [2.24, 2.45) is 11.7 Å². The zero-order chi connectivity index (χ0) is 13.8. The van der Waals surface area contributed by atoms with Gasteiger partial charge in [-0.05, 0) is 49.3 Å². The topological polar surface area (TPSA) is 53.0 Å². The Balaban J connectivity index is 2.19.